The molecule has 1 nitrogen and oxygen atoms in total. The number of nitrogens with one attached hydrogen (secondary N) is 1. The standard InChI is InChI=1S/C20H25N/c1-14-4-7-17(8-5-14)20-13-21-11-10-19(20)18-9-6-15(2)12-16(18)3/h4-9,12,19-21H,10-11,13H2,1-3H3. The summed E-state index contributed by atoms with van der Waals surface area (Å²) < 4.78 is 0. The first kappa shape index (κ1) is 14.3. The fourth-order valence-corrected chi connectivity index (χ4v) is 3.64. The van der Waals surface area contributed by atoms with Gasteiger partial charge >= 0.3 is 0 Å². The second-order valence-electron chi connectivity index (χ2n) is 6.48. The summed E-state index contributed by atoms with van der Waals surface area (Å²) in [6.45, 7) is 8.80. The topological polar surface area (TPSA) is 12.0 Å². The van der Waals surface area contributed by atoms with E-state index in [0.29, 0.717) is 11.8 Å². The van der Waals surface area contributed by atoms with Crippen LogP contribution in [-0.2, 0) is 0 Å². The molecule has 0 radical (unpaired) electrons. The molecule has 110 valence electrons. The molecule has 3 rings (SSSR count). The Hall–Kier alpha value is -1.60. The summed E-state index contributed by atoms with van der Waals surface area (Å²) in [6, 6.07) is 16.0. The van der Waals surface area contributed by atoms with Crippen molar-refractivity contribution < 1.29 is 0 Å². The van der Waals surface area contributed by atoms with E-state index < -0.39 is 0 Å². The van der Waals surface area contributed by atoms with Crippen molar-refractivity contribution >= 4 is 0 Å². The van der Waals surface area contributed by atoms with E-state index >= 15 is 0 Å². The number of hydrogen-bond acceptors (Lipinski definition) is 1. The summed E-state index contributed by atoms with van der Waals surface area (Å²) in [6.07, 6.45) is 1.22. The van der Waals surface area contributed by atoms with Gasteiger partial charge < -0.3 is 5.32 Å². The molecule has 0 amide bonds. The van der Waals surface area contributed by atoms with Crippen LogP contribution in [0.2, 0.25) is 0 Å². The number of rotatable bonds is 2. The molecule has 1 heteroatoms. The Bertz CT molecular complexity index is 612. The van der Waals surface area contributed by atoms with Gasteiger partial charge in [-0.15, -0.1) is 0 Å². The molecule has 1 fully saturated rings. The smallest absolute Gasteiger partial charge is 0.00327 e. The maximum atomic E-state index is 3.58. The van der Waals surface area contributed by atoms with Crippen LogP contribution >= 0.6 is 0 Å². The van der Waals surface area contributed by atoms with Crippen molar-refractivity contribution in [3.8, 4) is 0 Å². The zero-order valence-electron chi connectivity index (χ0n) is 13.3. The largest absolute Gasteiger partial charge is 0.316 e. The zero-order valence-corrected chi connectivity index (χ0v) is 13.3. The van der Waals surface area contributed by atoms with Gasteiger partial charge in [-0.25, -0.2) is 0 Å². The van der Waals surface area contributed by atoms with Crippen LogP contribution in [0.4, 0.5) is 0 Å². The summed E-state index contributed by atoms with van der Waals surface area (Å²) in [4.78, 5) is 0. The summed E-state index contributed by atoms with van der Waals surface area (Å²) in [5.41, 5.74) is 7.15. The van der Waals surface area contributed by atoms with E-state index in [1.165, 1.54) is 34.2 Å². The molecule has 2 aromatic rings. The van der Waals surface area contributed by atoms with E-state index in [2.05, 4.69) is 68.6 Å². The molecule has 1 heterocycles. The Morgan fingerprint density at radius 1 is 0.857 bits per heavy atom. The Kier molecular flexibility index (Phi) is 4.12. The van der Waals surface area contributed by atoms with Crippen molar-refractivity contribution in [1.82, 2.24) is 5.32 Å². The third-order valence-corrected chi connectivity index (χ3v) is 4.81. The van der Waals surface area contributed by atoms with E-state index in [4.69, 9.17) is 0 Å². The molecule has 2 aromatic carbocycles. The molecule has 1 saturated heterocycles. The van der Waals surface area contributed by atoms with Gasteiger partial charge in [0.1, 0.15) is 0 Å². The van der Waals surface area contributed by atoms with Crippen molar-refractivity contribution in [3.63, 3.8) is 0 Å². The normalized spacial score (nSPS) is 22.2. The number of piperidine rings is 1. The maximum absolute atomic E-state index is 3.58. The molecule has 0 aliphatic carbocycles. The molecule has 0 saturated carbocycles. The van der Waals surface area contributed by atoms with Crippen molar-refractivity contribution in [2.45, 2.75) is 39.0 Å². The zero-order chi connectivity index (χ0) is 14.8. The number of benzene rings is 2. The van der Waals surface area contributed by atoms with Crippen molar-refractivity contribution in [2.24, 2.45) is 0 Å². The molecular formula is C20H25N. The molecule has 1 aliphatic heterocycles. The van der Waals surface area contributed by atoms with Gasteiger partial charge in [0.15, 0.2) is 0 Å². The van der Waals surface area contributed by atoms with Gasteiger partial charge in [-0.1, -0.05) is 53.6 Å². The van der Waals surface area contributed by atoms with Crippen LogP contribution < -0.4 is 5.32 Å². The Morgan fingerprint density at radius 2 is 1.57 bits per heavy atom. The highest BCUT2D eigenvalue weighted by atomic mass is 14.9. The maximum Gasteiger partial charge on any atom is 0.00327 e. The highest BCUT2D eigenvalue weighted by Crippen LogP contribution is 2.38. The van der Waals surface area contributed by atoms with Crippen LogP contribution in [0, 0.1) is 20.8 Å². The van der Waals surface area contributed by atoms with E-state index in [1.54, 1.807) is 0 Å². The van der Waals surface area contributed by atoms with E-state index in [1.807, 2.05) is 0 Å². The summed E-state index contributed by atoms with van der Waals surface area (Å²) >= 11 is 0. The highest BCUT2D eigenvalue weighted by molar-refractivity contribution is 5.37. The second-order valence-corrected chi connectivity index (χ2v) is 6.48. The molecule has 1 aliphatic rings. The number of hydrogen-bond donors (Lipinski definition) is 1. The fourth-order valence-electron chi connectivity index (χ4n) is 3.64. The molecular weight excluding hydrogens is 254 g/mol. The van der Waals surface area contributed by atoms with Crippen molar-refractivity contribution in [1.29, 1.82) is 0 Å². The number of aryl methyl sites for hydroxylation is 3. The van der Waals surface area contributed by atoms with Crippen LogP contribution in [0.15, 0.2) is 42.5 Å². The SMILES string of the molecule is Cc1ccc(C2CNCCC2c2ccc(C)cc2C)cc1. The first-order chi connectivity index (χ1) is 10.1. The van der Waals surface area contributed by atoms with Crippen molar-refractivity contribution in [2.75, 3.05) is 13.1 Å². The van der Waals surface area contributed by atoms with Gasteiger partial charge in [0.05, 0.1) is 0 Å². The van der Waals surface area contributed by atoms with Gasteiger partial charge in [0.2, 0.25) is 0 Å². The highest BCUT2D eigenvalue weighted by Gasteiger charge is 2.28. The minimum atomic E-state index is 0.584. The van der Waals surface area contributed by atoms with Crippen LogP contribution in [0.5, 0.6) is 0 Å². The lowest BCUT2D eigenvalue weighted by molar-refractivity contribution is 0.403. The third-order valence-electron chi connectivity index (χ3n) is 4.81. The van der Waals surface area contributed by atoms with E-state index in [9.17, 15) is 0 Å². The summed E-state index contributed by atoms with van der Waals surface area (Å²) in [7, 11) is 0. The Balaban J connectivity index is 1.96. The summed E-state index contributed by atoms with van der Waals surface area (Å²) in [5.74, 6) is 1.22. The molecule has 2 atom stereocenters. The Labute approximate surface area is 128 Å². The van der Waals surface area contributed by atoms with Gasteiger partial charge in [-0.3, -0.25) is 0 Å². The average Bonchev–Trinajstić information content (AvgIpc) is 2.48. The molecule has 0 bridgehead atoms. The van der Waals surface area contributed by atoms with E-state index in [0.717, 1.165) is 13.1 Å². The molecule has 1 N–H and O–H groups in total. The fraction of sp³-hybridized carbons (Fsp3) is 0.400. The minimum absolute atomic E-state index is 0.584. The lowest BCUT2D eigenvalue weighted by atomic mass is 9.76. The predicted octanol–water partition coefficient (Wildman–Crippen LogP) is 4.47. The third kappa shape index (κ3) is 3.03. The lowest BCUT2D eigenvalue weighted by Gasteiger charge is -2.34. The lowest BCUT2D eigenvalue weighted by Crippen LogP contribution is -2.34. The predicted molar refractivity (Wildman–Crippen MR) is 90.1 cm³/mol. The average molecular weight is 279 g/mol. The first-order valence-electron chi connectivity index (χ1n) is 7.99. The van der Waals surface area contributed by atoms with Crippen LogP contribution in [0.1, 0.15) is 46.1 Å². The second kappa shape index (κ2) is 6.03. The molecule has 0 spiro atoms. The van der Waals surface area contributed by atoms with Crippen molar-refractivity contribution in [3.05, 3.63) is 70.3 Å². The van der Waals surface area contributed by atoms with Gasteiger partial charge in [0, 0.05) is 12.5 Å². The van der Waals surface area contributed by atoms with Gasteiger partial charge in [-0.2, -0.15) is 0 Å². The van der Waals surface area contributed by atoms with Gasteiger partial charge in [-0.05, 0) is 56.3 Å². The minimum Gasteiger partial charge on any atom is -0.316 e. The van der Waals surface area contributed by atoms with Crippen LogP contribution in [0.3, 0.4) is 0 Å². The first-order valence-corrected chi connectivity index (χ1v) is 7.99. The van der Waals surface area contributed by atoms with Gasteiger partial charge in [0.25, 0.3) is 0 Å². The summed E-state index contributed by atoms with van der Waals surface area (Å²) in [5, 5.41) is 3.58. The Morgan fingerprint density at radius 3 is 2.29 bits per heavy atom. The van der Waals surface area contributed by atoms with Crippen LogP contribution in [-0.4, -0.2) is 13.1 Å². The van der Waals surface area contributed by atoms with Crippen LogP contribution in [0.25, 0.3) is 0 Å². The molecule has 21 heavy (non-hydrogen) atoms. The molecule has 0 aromatic heterocycles. The van der Waals surface area contributed by atoms with E-state index in [-0.39, 0.29) is 0 Å². The molecule has 2 unspecified atom stereocenters. The quantitative estimate of drug-likeness (QED) is 0.855. The monoisotopic (exact) mass is 279 g/mol.